The van der Waals surface area contributed by atoms with Crippen LogP contribution in [0, 0.1) is 0 Å². The van der Waals surface area contributed by atoms with E-state index in [1.165, 1.54) is 6.07 Å². The molecule has 0 fully saturated rings. The maximum atomic E-state index is 12.1. The summed E-state index contributed by atoms with van der Waals surface area (Å²) < 4.78 is 11.0. The number of hydrogen-bond acceptors (Lipinski definition) is 5. The number of amides is 1. The molecule has 2 N–H and O–H groups in total. The van der Waals surface area contributed by atoms with Crippen molar-refractivity contribution in [3.8, 4) is 5.75 Å². The Morgan fingerprint density at radius 2 is 2.00 bits per heavy atom. The number of ether oxygens (including phenoxy) is 1. The number of unbranched alkanes of at least 4 members (excludes halogenated alkanes) is 2. The molecular weight excluding hydrogens is 362 g/mol. The van der Waals surface area contributed by atoms with Crippen molar-refractivity contribution in [2.24, 2.45) is 0 Å². The number of benzene rings is 1. The average molecular weight is 389 g/mol. The number of fused-ring (bicyclic) bond motifs is 1. The Hall–Kier alpha value is -2.83. The van der Waals surface area contributed by atoms with Gasteiger partial charge in [-0.3, -0.25) is 9.59 Å². The number of aryl methyl sites for hydroxylation is 1. The summed E-state index contributed by atoms with van der Waals surface area (Å²) in [5.41, 5.74) is 0.982. The predicted octanol–water partition coefficient (Wildman–Crippen LogP) is 3.27. The van der Waals surface area contributed by atoms with Crippen molar-refractivity contribution in [3.63, 3.8) is 0 Å². The van der Waals surface area contributed by atoms with E-state index in [-0.39, 0.29) is 12.3 Å². The van der Waals surface area contributed by atoms with Gasteiger partial charge in [-0.2, -0.15) is 0 Å². The first-order chi connectivity index (χ1) is 13.4. The Labute approximate surface area is 163 Å². The Balaban J connectivity index is 1.91. The third-order valence-corrected chi connectivity index (χ3v) is 4.37. The summed E-state index contributed by atoms with van der Waals surface area (Å²) >= 11 is 0. The highest BCUT2D eigenvalue weighted by Crippen LogP contribution is 2.24. The molecule has 28 heavy (non-hydrogen) atoms. The fraction of sp³-hybridized carbons (Fsp3) is 0.476. The van der Waals surface area contributed by atoms with Crippen LogP contribution in [0.5, 0.6) is 5.75 Å². The first-order valence-electron chi connectivity index (χ1n) is 9.63. The van der Waals surface area contributed by atoms with Gasteiger partial charge in [-0.1, -0.05) is 19.8 Å². The number of carboxylic acid groups (broad SMARTS) is 1. The van der Waals surface area contributed by atoms with Crippen molar-refractivity contribution in [3.05, 3.63) is 40.2 Å². The van der Waals surface area contributed by atoms with Crippen LogP contribution >= 0.6 is 0 Å². The zero-order chi connectivity index (χ0) is 20.5. The molecule has 0 bridgehead atoms. The molecule has 2 aromatic rings. The van der Waals surface area contributed by atoms with Crippen LogP contribution in [0.25, 0.3) is 11.0 Å². The second-order valence-electron chi connectivity index (χ2n) is 6.75. The van der Waals surface area contributed by atoms with Gasteiger partial charge in [-0.15, -0.1) is 0 Å². The highest BCUT2D eigenvalue weighted by Gasteiger charge is 2.15. The van der Waals surface area contributed by atoms with Crippen molar-refractivity contribution in [1.82, 2.24) is 5.32 Å². The molecular formula is C21H27NO6. The van der Waals surface area contributed by atoms with Gasteiger partial charge in [-0.25, -0.2) is 4.79 Å². The third-order valence-electron chi connectivity index (χ3n) is 4.37. The lowest BCUT2D eigenvalue weighted by molar-refractivity contribution is -0.137. The Morgan fingerprint density at radius 1 is 1.21 bits per heavy atom. The first kappa shape index (κ1) is 21.5. The van der Waals surface area contributed by atoms with Crippen LogP contribution in [-0.2, 0) is 16.0 Å². The van der Waals surface area contributed by atoms with Gasteiger partial charge >= 0.3 is 11.6 Å². The lowest BCUT2D eigenvalue weighted by Crippen LogP contribution is -2.36. The molecule has 7 heteroatoms. The van der Waals surface area contributed by atoms with Crippen LogP contribution in [0.15, 0.2) is 33.5 Å². The molecule has 0 aliphatic carbocycles. The molecule has 7 nitrogen and oxygen atoms in total. The first-order valence-corrected chi connectivity index (χ1v) is 9.63. The van der Waals surface area contributed by atoms with Gasteiger partial charge in [-0.05, 0) is 43.9 Å². The maximum absolute atomic E-state index is 12.1. The summed E-state index contributed by atoms with van der Waals surface area (Å²) in [4.78, 5) is 34.3. The van der Waals surface area contributed by atoms with E-state index in [0.29, 0.717) is 30.7 Å². The van der Waals surface area contributed by atoms with Gasteiger partial charge < -0.3 is 19.6 Å². The zero-order valence-corrected chi connectivity index (χ0v) is 16.3. The van der Waals surface area contributed by atoms with Crippen LogP contribution in [-0.4, -0.2) is 29.6 Å². The minimum absolute atomic E-state index is 0.144. The Morgan fingerprint density at radius 3 is 2.71 bits per heavy atom. The number of hydrogen-bond donors (Lipinski definition) is 2. The summed E-state index contributed by atoms with van der Waals surface area (Å²) in [5.74, 6) is -0.605. The fourth-order valence-corrected chi connectivity index (χ4v) is 2.95. The van der Waals surface area contributed by atoms with Crippen molar-refractivity contribution >= 4 is 22.8 Å². The molecule has 0 radical (unpaired) electrons. The van der Waals surface area contributed by atoms with Gasteiger partial charge in [0.1, 0.15) is 11.3 Å². The highest BCUT2D eigenvalue weighted by molar-refractivity contribution is 5.83. The van der Waals surface area contributed by atoms with Crippen LogP contribution < -0.4 is 15.7 Å². The Kier molecular flexibility index (Phi) is 8.04. The van der Waals surface area contributed by atoms with Crippen LogP contribution in [0.4, 0.5) is 0 Å². The second kappa shape index (κ2) is 10.5. The van der Waals surface area contributed by atoms with Crippen molar-refractivity contribution in [1.29, 1.82) is 0 Å². The molecule has 0 unspecified atom stereocenters. The molecule has 0 saturated heterocycles. The molecule has 1 heterocycles. The van der Waals surface area contributed by atoms with Gasteiger partial charge in [0, 0.05) is 30.5 Å². The number of nitrogens with one attached hydrogen (secondary N) is 1. The maximum Gasteiger partial charge on any atom is 0.336 e. The number of rotatable bonds is 11. The largest absolute Gasteiger partial charge is 0.481 e. The Bertz CT molecular complexity index is 873. The summed E-state index contributed by atoms with van der Waals surface area (Å²) in [6.45, 7) is 4.16. The highest BCUT2D eigenvalue weighted by atomic mass is 16.5. The SMILES string of the molecule is CCCc1cc(=O)oc2cc(O[C@H](C)C(=O)NCCCCCC(=O)O)ccc12. The van der Waals surface area contributed by atoms with Crippen molar-refractivity contribution in [2.45, 2.75) is 58.5 Å². The third kappa shape index (κ3) is 6.40. The van der Waals surface area contributed by atoms with Gasteiger partial charge in [0.2, 0.25) is 0 Å². The van der Waals surface area contributed by atoms with Gasteiger partial charge in [0.25, 0.3) is 5.91 Å². The number of carbonyl (C=O) groups is 2. The molecule has 1 amide bonds. The van der Waals surface area contributed by atoms with Crippen molar-refractivity contribution in [2.75, 3.05) is 6.54 Å². The molecule has 1 atom stereocenters. The number of carboxylic acids is 1. The minimum atomic E-state index is -0.806. The zero-order valence-electron chi connectivity index (χ0n) is 16.3. The summed E-state index contributed by atoms with van der Waals surface area (Å²) in [5, 5.41) is 12.2. The lowest BCUT2D eigenvalue weighted by Gasteiger charge is -2.15. The molecule has 152 valence electrons. The summed E-state index contributed by atoms with van der Waals surface area (Å²) in [7, 11) is 0. The molecule has 0 saturated carbocycles. The van der Waals surface area contributed by atoms with E-state index in [4.69, 9.17) is 14.3 Å². The second-order valence-corrected chi connectivity index (χ2v) is 6.75. The van der Waals surface area contributed by atoms with E-state index in [1.807, 2.05) is 13.0 Å². The van der Waals surface area contributed by atoms with Gasteiger partial charge in [0.05, 0.1) is 0 Å². The molecule has 0 aliphatic rings. The predicted molar refractivity (Wildman–Crippen MR) is 106 cm³/mol. The van der Waals surface area contributed by atoms with Crippen LogP contribution in [0.3, 0.4) is 0 Å². The van der Waals surface area contributed by atoms with E-state index in [1.54, 1.807) is 19.1 Å². The minimum Gasteiger partial charge on any atom is -0.481 e. The van der Waals surface area contributed by atoms with E-state index in [9.17, 15) is 14.4 Å². The quantitative estimate of drug-likeness (QED) is 0.451. The van der Waals surface area contributed by atoms with Crippen LogP contribution in [0.2, 0.25) is 0 Å². The normalized spacial score (nSPS) is 11.9. The number of aliphatic carboxylic acids is 1. The number of carbonyl (C=O) groups excluding carboxylic acids is 1. The van der Waals surface area contributed by atoms with E-state index >= 15 is 0 Å². The van der Waals surface area contributed by atoms with Crippen molar-refractivity contribution < 1.29 is 23.8 Å². The van der Waals surface area contributed by atoms with E-state index < -0.39 is 17.7 Å². The molecule has 0 aliphatic heterocycles. The molecule has 2 rings (SSSR count). The van der Waals surface area contributed by atoms with E-state index in [0.717, 1.165) is 30.2 Å². The summed E-state index contributed by atoms with van der Waals surface area (Å²) in [6, 6.07) is 6.74. The monoisotopic (exact) mass is 389 g/mol. The fourth-order valence-electron chi connectivity index (χ4n) is 2.95. The topological polar surface area (TPSA) is 106 Å². The lowest BCUT2D eigenvalue weighted by atomic mass is 10.1. The molecule has 1 aromatic heterocycles. The standard InChI is InChI=1S/C21H27NO6/c1-3-7-15-12-20(25)28-18-13-16(9-10-17(15)18)27-14(2)21(26)22-11-6-4-5-8-19(23)24/h9-10,12-14H,3-8,11H2,1-2H3,(H,22,26)(H,23,24)/t14-/m1/s1. The van der Waals surface area contributed by atoms with Crippen LogP contribution in [0.1, 0.15) is 51.5 Å². The van der Waals surface area contributed by atoms with E-state index in [2.05, 4.69) is 5.32 Å². The smallest absolute Gasteiger partial charge is 0.336 e. The molecule has 1 aromatic carbocycles. The average Bonchev–Trinajstić information content (AvgIpc) is 2.63. The summed E-state index contributed by atoms with van der Waals surface area (Å²) in [6.07, 6.45) is 3.20. The molecule has 0 spiro atoms. The van der Waals surface area contributed by atoms with Gasteiger partial charge in [0.15, 0.2) is 6.10 Å².